The number of nitrogens with one attached hydrogen (secondary N) is 1. The number of aromatic nitrogens is 2. The third-order valence-corrected chi connectivity index (χ3v) is 1.70. The molecule has 0 aliphatic rings. The largest absolute Gasteiger partial charge is 0.349 e. The third-order valence-electron chi connectivity index (χ3n) is 1.70. The quantitative estimate of drug-likeness (QED) is 0.754. The Morgan fingerprint density at radius 1 is 1.50 bits per heavy atom. The van der Waals surface area contributed by atoms with Crippen molar-refractivity contribution in [2.24, 2.45) is 5.73 Å². The average Bonchev–Trinajstić information content (AvgIpc) is 2.68. The molecule has 0 amide bonds. The summed E-state index contributed by atoms with van der Waals surface area (Å²) in [5.41, 5.74) is 5.25. The summed E-state index contributed by atoms with van der Waals surface area (Å²) < 4.78 is 0. The molecule has 0 saturated heterocycles. The molecule has 0 aromatic carbocycles. The normalized spacial score (nSPS) is 9.79. The fourth-order valence-corrected chi connectivity index (χ4v) is 0.899. The van der Waals surface area contributed by atoms with E-state index < -0.39 is 0 Å². The van der Waals surface area contributed by atoms with Crippen LogP contribution in [0, 0.1) is 0 Å². The predicted octanol–water partition coefficient (Wildman–Crippen LogP) is 0.869. The van der Waals surface area contributed by atoms with Crippen molar-refractivity contribution < 1.29 is 0 Å². The monoisotopic (exact) mass is 198 g/mol. The van der Waals surface area contributed by atoms with Crippen molar-refractivity contribution in [1.82, 2.24) is 14.9 Å². The van der Waals surface area contributed by atoms with E-state index in [9.17, 15) is 0 Å². The Balaban J connectivity index is 0.000000241. The second-order valence-corrected chi connectivity index (χ2v) is 3.33. The zero-order chi connectivity index (χ0) is 10.8. The summed E-state index contributed by atoms with van der Waals surface area (Å²) in [5, 5.41) is 0. The fraction of sp³-hybridized carbons (Fsp3) is 0.700. The number of aromatic amines is 1. The maximum Gasteiger partial charge on any atom is 0.105 e. The molecule has 0 unspecified atom stereocenters. The number of nitrogens with two attached hydrogens (primary N) is 1. The topological polar surface area (TPSA) is 57.9 Å². The van der Waals surface area contributed by atoms with Gasteiger partial charge >= 0.3 is 0 Å². The van der Waals surface area contributed by atoms with Crippen LogP contribution in [0.25, 0.3) is 0 Å². The average molecular weight is 198 g/mol. The van der Waals surface area contributed by atoms with E-state index in [1.54, 1.807) is 6.20 Å². The lowest BCUT2D eigenvalue weighted by Gasteiger charge is -2.05. The SMILES string of the molecule is CCc1ncc[nH]1.CN(C)CCCN. The Kier molecular flexibility index (Phi) is 8.17. The van der Waals surface area contributed by atoms with Gasteiger partial charge in [0.1, 0.15) is 5.82 Å². The molecule has 1 aromatic rings. The van der Waals surface area contributed by atoms with E-state index in [-0.39, 0.29) is 0 Å². The number of hydrogen-bond acceptors (Lipinski definition) is 3. The Labute approximate surface area is 86.5 Å². The van der Waals surface area contributed by atoms with E-state index >= 15 is 0 Å². The first-order valence-electron chi connectivity index (χ1n) is 5.03. The lowest BCUT2D eigenvalue weighted by atomic mass is 10.4. The summed E-state index contributed by atoms with van der Waals surface area (Å²) in [6, 6.07) is 0. The van der Waals surface area contributed by atoms with Crippen LogP contribution in [-0.2, 0) is 6.42 Å². The minimum atomic E-state index is 0.804. The van der Waals surface area contributed by atoms with Gasteiger partial charge in [-0.25, -0.2) is 4.98 Å². The molecule has 4 heteroatoms. The van der Waals surface area contributed by atoms with E-state index in [0.29, 0.717) is 0 Å². The highest BCUT2D eigenvalue weighted by molar-refractivity contribution is 4.84. The molecule has 0 fully saturated rings. The molecule has 0 aliphatic heterocycles. The summed E-state index contributed by atoms with van der Waals surface area (Å²) in [6.07, 6.45) is 5.69. The van der Waals surface area contributed by atoms with E-state index in [0.717, 1.165) is 31.8 Å². The van der Waals surface area contributed by atoms with Crippen molar-refractivity contribution in [3.05, 3.63) is 18.2 Å². The van der Waals surface area contributed by atoms with Crippen LogP contribution in [0.15, 0.2) is 12.4 Å². The highest BCUT2D eigenvalue weighted by Crippen LogP contribution is 1.85. The molecule has 0 spiro atoms. The maximum absolute atomic E-state index is 5.25. The Morgan fingerprint density at radius 3 is 2.43 bits per heavy atom. The first-order valence-corrected chi connectivity index (χ1v) is 5.03. The van der Waals surface area contributed by atoms with Crippen LogP contribution in [0.3, 0.4) is 0 Å². The highest BCUT2D eigenvalue weighted by atomic mass is 15.0. The van der Waals surface area contributed by atoms with Gasteiger partial charge in [-0.05, 0) is 33.6 Å². The zero-order valence-electron chi connectivity index (χ0n) is 9.45. The van der Waals surface area contributed by atoms with Crippen molar-refractivity contribution in [1.29, 1.82) is 0 Å². The summed E-state index contributed by atoms with van der Waals surface area (Å²) in [4.78, 5) is 9.09. The van der Waals surface area contributed by atoms with Gasteiger partial charge in [-0.2, -0.15) is 0 Å². The number of H-pyrrole nitrogens is 1. The van der Waals surface area contributed by atoms with Crippen molar-refractivity contribution in [2.75, 3.05) is 27.2 Å². The Bertz CT molecular complexity index is 194. The van der Waals surface area contributed by atoms with Gasteiger partial charge in [0, 0.05) is 18.8 Å². The molecule has 0 saturated carbocycles. The summed E-state index contributed by atoms with van der Waals surface area (Å²) in [6.45, 7) is 3.98. The standard InChI is InChI=1S/C5H8N2.C5H14N2/c1-2-5-6-3-4-7-5;1-7(2)5-3-4-6/h3-4H,2H2,1H3,(H,6,7);3-6H2,1-2H3. The number of aryl methyl sites for hydroxylation is 1. The van der Waals surface area contributed by atoms with Gasteiger partial charge in [0.2, 0.25) is 0 Å². The second-order valence-electron chi connectivity index (χ2n) is 3.33. The molecule has 1 aromatic heterocycles. The van der Waals surface area contributed by atoms with Crippen LogP contribution in [0.5, 0.6) is 0 Å². The van der Waals surface area contributed by atoms with E-state index in [1.807, 2.05) is 6.20 Å². The molecule has 1 heterocycles. The number of nitrogens with zero attached hydrogens (tertiary/aromatic N) is 2. The van der Waals surface area contributed by atoms with Crippen molar-refractivity contribution in [3.8, 4) is 0 Å². The van der Waals surface area contributed by atoms with Crippen molar-refractivity contribution in [2.45, 2.75) is 19.8 Å². The number of hydrogen-bond donors (Lipinski definition) is 2. The number of rotatable bonds is 4. The first kappa shape index (κ1) is 13.1. The summed E-state index contributed by atoms with van der Waals surface area (Å²) in [7, 11) is 4.10. The highest BCUT2D eigenvalue weighted by Gasteiger charge is 1.84. The maximum atomic E-state index is 5.25. The molecule has 0 bridgehead atoms. The van der Waals surface area contributed by atoms with Crippen LogP contribution >= 0.6 is 0 Å². The van der Waals surface area contributed by atoms with Gasteiger partial charge in [-0.15, -0.1) is 0 Å². The lowest BCUT2D eigenvalue weighted by Crippen LogP contribution is -2.16. The minimum absolute atomic E-state index is 0.804. The van der Waals surface area contributed by atoms with Gasteiger partial charge < -0.3 is 15.6 Å². The van der Waals surface area contributed by atoms with Gasteiger partial charge in [-0.1, -0.05) is 6.92 Å². The molecular weight excluding hydrogens is 176 g/mol. The van der Waals surface area contributed by atoms with Gasteiger partial charge in [-0.3, -0.25) is 0 Å². The van der Waals surface area contributed by atoms with Crippen LogP contribution in [0.4, 0.5) is 0 Å². The summed E-state index contributed by atoms with van der Waals surface area (Å²) >= 11 is 0. The molecular formula is C10H22N4. The van der Waals surface area contributed by atoms with Crippen molar-refractivity contribution in [3.63, 3.8) is 0 Å². The number of imidazole rings is 1. The van der Waals surface area contributed by atoms with Crippen LogP contribution in [0.1, 0.15) is 19.2 Å². The molecule has 14 heavy (non-hydrogen) atoms. The molecule has 0 radical (unpaired) electrons. The minimum Gasteiger partial charge on any atom is -0.349 e. The Hall–Kier alpha value is -0.870. The molecule has 82 valence electrons. The van der Waals surface area contributed by atoms with Crippen LogP contribution < -0.4 is 5.73 Å². The van der Waals surface area contributed by atoms with Crippen LogP contribution in [0.2, 0.25) is 0 Å². The zero-order valence-corrected chi connectivity index (χ0v) is 9.45. The van der Waals surface area contributed by atoms with Gasteiger partial charge in [0.15, 0.2) is 0 Å². The second kappa shape index (κ2) is 8.72. The van der Waals surface area contributed by atoms with E-state index in [2.05, 4.69) is 35.9 Å². The van der Waals surface area contributed by atoms with Gasteiger partial charge in [0.05, 0.1) is 0 Å². The van der Waals surface area contributed by atoms with E-state index in [1.165, 1.54) is 0 Å². The summed E-state index contributed by atoms with van der Waals surface area (Å²) in [5.74, 6) is 1.06. The molecule has 0 aliphatic carbocycles. The van der Waals surface area contributed by atoms with Crippen molar-refractivity contribution >= 4 is 0 Å². The smallest absolute Gasteiger partial charge is 0.105 e. The molecule has 4 nitrogen and oxygen atoms in total. The lowest BCUT2D eigenvalue weighted by molar-refractivity contribution is 0.403. The van der Waals surface area contributed by atoms with E-state index in [4.69, 9.17) is 5.73 Å². The van der Waals surface area contributed by atoms with Crippen LogP contribution in [-0.4, -0.2) is 42.1 Å². The molecule has 1 rings (SSSR count). The fourth-order valence-electron chi connectivity index (χ4n) is 0.899. The molecule has 0 atom stereocenters. The van der Waals surface area contributed by atoms with Gasteiger partial charge in [0.25, 0.3) is 0 Å². The Morgan fingerprint density at radius 2 is 2.21 bits per heavy atom. The first-order chi connectivity index (χ1) is 6.70. The predicted molar refractivity (Wildman–Crippen MR) is 60.2 cm³/mol. The molecule has 3 N–H and O–H groups in total. The third kappa shape index (κ3) is 7.76.